The summed E-state index contributed by atoms with van der Waals surface area (Å²) in [5, 5.41) is 6.88. The number of carbonyl (C=O) groups excluding carboxylic acids is 1. The smallest absolute Gasteiger partial charge is 0.257 e. The minimum absolute atomic E-state index is 0.125. The molecule has 1 fully saturated rings. The molecule has 1 aromatic heterocycles. The van der Waals surface area contributed by atoms with Crippen LogP contribution in [0.25, 0.3) is 16.3 Å². The molecule has 0 atom stereocenters. The third kappa shape index (κ3) is 3.78. The van der Waals surface area contributed by atoms with E-state index in [2.05, 4.69) is 21.7 Å². The zero-order valence-corrected chi connectivity index (χ0v) is 14.6. The Morgan fingerprint density at radius 3 is 2.60 bits per heavy atom. The Labute approximate surface area is 150 Å². The lowest BCUT2D eigenvalue weighted by atomic mass is 10.0. The molecule has 0 spiro atoms. The number of aromatic nitrogens is 1. The first-order valence-corrected chi connectivity index (χ1v) is 9.27. The summed E-state index contributed by atoms with van der Waals surface area (Å²) in [6.07, 6.45) is 4.43. The van der Waals surface area contributed by atoms with Gasteiger partial charge in [-0.05, 0) is 55.8 Å². The monoisotopic (exact) mass is 349 g/mol. The van der Waals surface area contributed by atoms with Gasteiger partial charge in [-0.3, -0.25) is 10.1 Å². The number of benzene rings is 2. The highest BCUT2D eigenvalue weighted by Crippen LogP contribution is 2.25. The Bertz CT molecular complexity index is 887. The van der Waals surface area contributed by atoms with Crippen molar-refractivity contribution in [1.82, 2.24) is 10.3 Å². The van der Waals surface area contributed by atoms with Crippen LogP contribution in [0.4, 0.5) is 5.13 Å². The first-order chi connectivity index (χ1) is 12.3. The fourth-order valence-corrected chi connectivity index (χ4v) is 3.81. The zero-order valence-electron chi connectivity index (χ0n) is 13.8. The van der Waals surface area contributed by atoms with Crippen LogP contribution >= 0.6 is 11.3 Å². The van der Waals surface area contributed by atoms with E-state index in [1.165, 1.54) is 16.9 Å². The Morgan fingerprint density at radius 1 is 1.08 bits per heavy atom. The van der Waals surface area contributed by atoms with E-state index in [4.69, 9.17) is 0 Å². The Hall–Kier alpha value is -2.50. The van der Waals surface area contributed by atoms with Crippen LogP contribution in [0.15, 0.2) is 54.1 Å². The average molecular weight is 349 g/mol. The van der Waals surface area contributed by atoms with Crippen molar-refractivity contribution in [3.05, 3.63) is 65.2 Å². The van der Waals surface area contributed by atoms with Gasteiger partial charge in [0.2, 0.25) is 0 Å². The van der Waals surface area contributed by atoms with Crippen LogP contribution in [-0.2, 0) is 0 Å². The molecular formula is C20H19N3OS. The molecule has 1 aliphatic heterocycles. The number of para-hydroxylation sites is 1. The number of nitrogens with one attached hydrogen (secondary N) is 2. The highest BCUT2D eigenvalue weighted by Gasteiger charge is 2.10. The second-order valence-corrected chi connectivity index (χ2v) is 7.15. The summed E-state index contributed by atoms with van der Waals surface area (Å²) in [6, 6.07) is 15.6. The fraction of sp³-hybridized carbons (Fsp3) is 0.200. The van der Waals surface area contributed by atoms with Gasteiger partial charge in [-0.15, -0.1) is 0 Å². The number of rotatable bonds is 3. The summed E-state index contributed by atoms with van der Waals surface area (Å²) in [5.41, 5.74) is 4.16. The van der Waals surface area contributed by atoms with E-state index in [0.717, 1.165) is 41.7 Å². The normalized spacial score (nSPS) is 14.5. The number of carbonyl (C=O) groups is 1. The maximum atomic E-state index is 12.4. The molecule has 1 amide bonds. The molecule has 1 saturated heterocycles. The maximum Gasteiger partial charge on any atom is 0.257 e. The van der Waals surface area contributed by atoms with Crippen LogP contribution in [0.3, 0.4) is 0 Å². The summed E-state index contributed by atoms with van der Waals surface area (Å²) >= 11 is 1.49. The summed E-state index contributed by atoms with van der Waals surface area (Å²) in [7, 11) is 0. The van der Waals surface area contributed by atoms with Gasteiger partial charge in [0.1, 0.15) is 0 Å². The quantitative estimate of drug-likeness (QED) is 0.740. The van der Waals surface area contributed by atoms with Gasteiger partial charge in [0.05, 0.1) is 10.2 Å². The molecule has 2 heterocycles. The average Bonchev–Trinajstić information content (AvgIpc) is 3.05. The SMILES string of the molecule is O=C(Nc1nc2ccccc2s1)c1ccc(C=C2CCNCC2)cc1. The van der Waals surface area contributed by atoms with E-state index in [0.29, 0.717) is 10.7 Å². The Kier molecular flexibility index (Phi) is 4.59. The fourth-order valence-electron chi connectivity index (χ4n) is 2.95. The first-order valence-electron chi connectivity index (χ1n) is 8.45. The number of anilines is 1. The number of thiazole rings is 1. The number of amides is 1. The molecule has 2 N–H and O–H groups in total. The molecule has 0 unspecified atom stereocenters. The van der Waals surface area contributed by atoms with Crippen molar-refractivity contribution in [2.24, 2.45) is 0 Å². The van der Waals surface area contributed by atoms with Gasteiger partial charge in [-0.1, -0.05) is 47.3 Å². The molecule has 5 heteroatoms. The van der Waals surface area contributed by atoms with Crippen LogP contribution < -0.4 is 10.6 Å². The van der Waals surface area contributed by atoms with Crippen molar-refractivity contribution in [3.63, 3.8) is 0 Å². The molecule has 0 bridgehead atoms. The first kappa shape index (κ1) is 16.0. The van der Waals surface area contributed by atoms with Gasteiger partial charge < -0.3 is 5.32 Å². The molecule has 0 saturated carbocycles. The maximum absolute atomic E-state index is 12.4. The van der Waals surface area contributed by atoms with Crippen LogP contribution in [0.5, 0.6) is 0 Å². The van der Waals surface area contributed by atoms with E-state index in [1.54, 1.807) is 0 Å². The van der Waals surface area contributed by atoms with Crippen molar-refractivity contribution < 1.29 is 4.79 Å². The predicted octanol–water partition coefficient (Wildman–Crippen LogP) is 4.32. The highest BCUT2D eigenvalue weighted by atomic mass is 32.1. The topological polar surface area (TPSA) is 54.0 Å². The van der Waals surface area contributed by atoms with Gasteiger partial charge in [0.15, 0.2) is 5.13 Å². The van der Waals surface area contributed by atoms with Gasteiger partial charge in [-0.25, -0.2) is 4.98 Å². The number of hydrogen-bond acceptors (Lipinski definition) is 4. The second-order valence-electron chi connectivity index (χ2n) is 6.12. The summed E-state index contributed by atoms with van der Waals surface area (Å²) in [6.45, 7) is 2.10. The molecule has 2 aromatic carbocycles. The summed E-state index contributed by atoms with van der Waals surface area (Å²) in [5.74, 6) is -0.125. The number of hydrogen-bond donors (Lipinski definition) is 2. The number of piperidine rings is 1. The van der Waals surface area contributed by atoms with Gasteiger partial charge in [-0.2, -0.15) is 0 Å². The largest absolute Gasteiger partial charge is 0.316 e. The standard InChI is InChI=1S/C20H19N3OS/c24-19(23-20-22-17-3-1-2-4-18(17)25-20)16-7-5-14(6-8-16)13-15-9-11-21-12-10-15/h1-8,13,21H,9-12H2,(H,22,23,24). The molecule has 4 rings (SSSR count). The molecule has 4 nitrogen and oxygen atoms in total. The van der Waals surface area contributed by atoms with Gasteiger partial charge >= 0.3 is 0 Å². The predicted molar refractivity (Wildman–Crippen MR) is 104 cm³/mol. The van der Waals surface area contributed by atoms with Crippen molar-refractivity contribution in [2.45, 2.75) is 12.8 Å². The van der Waals surface area contributed by atoms with Crippen molar-refractivity contribution in [2.75, 3.05) is 18.4 Å². The van der Waals surface area contributed by atoms with Crippen LogP contribution in [0, 0.1) is 0 Å². The molecule has 25 heavy (non-hydrogen) atoms. The van der Waals surface area contributed by atoms with E-state index in [9.17, 15) is 4.79 Å². The van der Waals surface area contributed by atoms with E-state index >= 15 is 0 Å². The summed E-state index contributed by atoms with van der Waals surface area (Å²) in [4.78, 5) is 16.9. The molecule has 0 radical (unpaired) electrons. The molecule has 126 valence electrons. The summed E-state index contributed by atoms with van der Waals surface area (Å²) < 4.78 is 1.07. The second kappa shape index (κ2) is 7.17. The molecule has 3 aromatic rings. The number of nitrogens with zero attached hydrogens (tertiary/aromatic N) is 1. The zero-order chi connectivity index (χ0) is 17.1. The van der Waals surface area contributed by atoms with E-state index in [1.807, 2.05) is 48.5 Å². The molecule has 0 aliphatic carbocycles. The Morgan fingerprint density at radius 2 is 1.84 bits per heavy atom. The van der Waals surface area contributed by atoms with E-state index < -0.39 is 0 Å². The van der Waals surface area contributed by atoms with Crippen LogP contribution in [-0.4, -0.2) is 24.0 Å². The lowest BCUT2D eigenvalue weighted by Crippen LogP contribution is -2.22. The lowest BCUT2D eigenvalue weighted by molar-refractivity contribution is 0.102. The third-order valence-corrected chi connectivity index (χ3v) is 5.26. The number of fused-ring (bicyclic) bond motifs is 1. The van der Waals surface area contributed by atoms with Gasteiger partial charge in [0.25, 0.3) is 5.91 Å². The van der Waals surface area contributed by atoms with Crippen LogP contribution in [0.1, 0.15) is 28.8 Å². The minimum atomic E-state index is -0.125. The lowest BCUT2D eigenvalue weighted by Gasteiger charge is -2.15. The molecular weight excluding hydrogens is 330 g/mol. The van der Waals surface area contributed by atoms with Crippen molar-refractivity contribution in [3.8, 4) is 0 Å². The van der Waals surface area contributed by atoms with Crippen molar-refractivity contribution >= 4 is 38.7 Å². The van der Waals surface area contributed by atoms with Gasteiger partial charge in [0, 0.05) is 5.56 Å². The molecule has 1 aliphatic rings. The minimum Gasteiger partial charge on any atom is -0.316 e. The van der Waals surface area contributed by atoms with Crippen molar-refractivity contribution in [1.29, 1.82) is 0 Å². The van der Waals surface area contributed by atoms with Crippen LogP contribution in [0.2, 0.25) is 0 Å². The van der Waals surface area contributed by atoms with E-state index in [-0.39, 0.29) is 5.91 Å². The Balaban J connectivity index is 1.46. The third-order valence-electron chi connectivity index (χ3n) is 4.30. The highest BCUT2D eigenvalue weighted by molar-refractivity contribution is 7.22.